The summed E-state index contributed by atoms with van der Waals surface area (Å²) in [5, 5.41) is 9.15. The zero-order chi connectivity index (χ0) is 15.4. The molecule has 0 bridgehead atoms. The van der Waals surface area contributed by atoms with E-state index in [-0.39, 0.29) is 17.4 Å². The van der Waals surface area contributed by atoms with Crippen molar-refractivity contribution in [2.45, 2.75) is 13.3 Å². The van der Waals surface area contributed by atoms with Crippen LogP contribution in [0.15, 0.2) is 6.07 Å². The maximum Gasteiger partial charge on any atom is 0.349 e. The molecule has 0 aliphatic carbocycles. The third-order valence-corrected chi connectivity index (χ3v) is 4.75. The highest BCUT2D eigenvalue weighted by molar-refractivity contribution is 7.14. The lowest BCUT2D eigenvalue weighted by atomic mass is 10.3. The van der Waals surface area contributed by atoms with Gasteiger partial charge in [-0.2, -0.15) is 0 Å². The van der Waals surface area contributed by atoms with Crippen LogP contribution < -0.4 is 4.74 Å². The van der Waals surface area contributed by atoms with Gasteiger partial charge in [0, 0.05) is 31.1 Å². The van der Waals surface area contributed by atoms with Crippen molar-refractivity contribution in [1.82, 2.24) is 9.80 Å². The molecule has 1 aromatic rings. The third kappa shape index (κ3) is 3.95. The van der Waals surface area contributed by atoms with E-state index in [1.165, 1.54) is 11.3 Å². The van der Waals surface area contributed by atoms with E-state index in [0.717, 1.165) is 24.4 Å². The Morgan fingerprint density at radius 2 is 2.00 bits per heavy atom. The van der Waals surface area contributed by atoms with Gasteiger partial charge < -0.3 is 19.6 Å². The summed E-state index contributed by atoms with van der Waals surface area (Å²) in [7, 11) is 2.02. The summed E-state index contributed by atoms with van der Waals surface area (Å²) in [6.07, 6.45) is 0.751. The fourth-order valence-electron chi connectivity index (χ4n) is 2.14. The summed E-state index contributed by atoms with van der Waals surface area (Å²) >= 11 is 1.20. The maximum absolute atomic E-state index is 12.1. The van der Waals surface area contributed by atoms with Crippen LogP contribution in [0.1, 0.15) is 21.5 Å². The normalized spacial score (nSPS) is 16.0. The number of amides is 1. The van der Waals surface area contributed by atoms with E-state index in [2.05, 4.69) is 4.90 Å². The molecule has 0 aromatic carbocycles. The molecule has 1 aliphatic rings. The number of carboxylic acid groups (broad SMARTS) is 1. The molecule has 1 aromatic heterocycles. The highest BCUT2D eigenvalue weighted by Crippen LogP contribution is 2.29. The SMILES string of the molecule is CCc1cc(OCC(=O)N2CCN(C)CC2)c(C(=O)O)s1. The number of likely N-dealkylation sites (N-methyl/N-ethyl adjacent to an activating group) is 1. The fraction of sp³-hybridized carbons (Fsp3) is 0.571. The van der Waals surface area contributed by atoms with E-state index in [9.17, 15) is 9.59 Å². The minimum Gasteiger partial charge on any atom is -0.482 e. The average Bonchev–Trinajstić information content (AvgIpc) is 2.89. The standard InChI is InChI=1S/C14H20N2O4S/c1-3-10-8-11(13(21-10)14(18)19)20-9-12(17)16-6-4-15(2)5-7-16/h8H,3-7,9H2,1-2H3,(H,18,19). The largest absolute Gasteiger partial charge is 0.482 e. The highest BCUT2D eigenvalue weighted by Gasteiger charge is 2.21. The lowest BCUT2D eigenvalue weighted by Gasteiger charge is -2.32. The minimum absolute atomic E-state index is 0.0938. The van der Waals surface area contributed by atoms with Crippen LogP contribution in [-0.2, 0) is 11.2 Å². The Labute approximate surface area is 127 Å². The molecule has 1 saturated heterocycles. The number of hydrogen-bond donors (Lipinski definition) is 1. The van der Waals surface area contributed by atoms with Gasteiger partial charge in [-0.15, -0.1) is 11.3 Å². The minimum atomic E-state index is -1.01. The van der Waals surface area contributed by atoms with Crippen LogP contribution in [0.5, 0.6) is 5.75 Å². The molecule has 0 radical (unpaired) electrons. The highest BCUT2D eigenvalue weighted by atomic mass is 32.1. The average molecular weight is 312 g/mol. The lowest BCUT2D eigenvalue weighted by Crippen LogP contribution is -2.48. The van der Waals surface area contributed by atoms with Gasteiger partial charge in [-0.05, 0) is 19.5 Å². The van der Waals surface area contributed by atoms with E-state index >= 15 is 0 Å². The van der Waals surface area contributed by atoms with Gasteiger partial charge in [0.25, 0.3) is 5.91 Å². The predicted octanol–water partition coefficient (Wildman–Crippen LogP) is 1.16. The van der Waals surface area contributed by atoms with Crippen molar-refractivity contribution in [2.24, 2.45) is 0 Å². The summed E-state index contributed by atoms with van der Waals surface area (Å²) < 4.78 is 5.45. The van der Waals surface area contributed by atoms with Crippen molar-refractivity contribution >= 4 is 23.2 Å². The fourth-order valence-corrected chi connectivity index (χ4v) is 3.02. The second-order valence-electron chi connectivity index (χ2n) is 5.04. The Morgan fingerprint density at radius 3 is 2.57 bits per heavy atom. The van der Waals surface area contributed by atoms with Crippen LogP contribution >= 0.6 is 11.3 Å². The Kier molecular flexibility index (Phi) is 5.19. The van der Waals surface area contributed by atoms with E-state index < -0.39 is 5.97 Å². The first kappa shape index (κ1) is 15.8. The number of piperazine rings is 1. The van der Waals surface area contributed by atoms with Crippen LogP contribution in [0.3, 0.4) is 0 Å². The van der Waals surface area contributed by atoms with Crippen molar-refractivity contribution in [3.05, 3.63) is 15.8 Å². The first-order valence-electron chi connectivity index (χ1n) is 6.96. The van der Waals surface area contributed by atoms with Crippen LogP contribution in [-0.4, -0.2) is 66.6 Å². The van der Waals surface area contributed by atoms with Gasteiger partial charge in [-0.3, -0.25) is 4.79 Å². The zero-order valence-electron chi connectivity index (χ0n) is 12.3. The number of carboxylic acids is 1. The first-order valence-corrected chi connectivity index (χ1v) is 7.78. The Morgan fingerprint density at radius 1 is 1.33 bits per heavy atom. The number of aromatic carboxylic acids is 1. The quantitative estimate of drug-likeness (QED) is 0.883. The zero-order valence-corrected chi connectivity index (χ0v) is 13.1. The summed E-state index contributed by atoms with van der Waals surface area (Å²) in [4.78, 5) is 28.3. The number of rotatable bonds is 5. The molecule has 0 spiro atoms. The molecule has 2 heterocycles. The Hall–Kier alpha value is -1.60. The summed E-state index contributed by atoms with van der Waals surface area (Å²) in [6.45, 7) is 4.93. The molecule has 1 N–H and O–H groups in total. The smallest absolute Gasteiger partial charge is 0.349 e. The van der Waals surface area contributed by atoms with Gasteiger partial charge in [0.15, 0.2) is 11.5 Å². The second-order valence-corrected chi connectivity index (χ2v) is 6.17. The molecule has 1 aliphatic heterocycles. The molecule has 7 heteroatoms. The first-order chi connectivity index (χ1) is 10.0. The van der Waals surface area contributed by atoms with Gasteiger partial charge in [0.2, 0.25) is 0 Å². The van der Waals surface area contributed by atoms with E-state index in [1.807, 2.05) is 14.0 Å². The van der Waals surface area contributed by atoms with Gasteiger partial charge in [-0.25, -0.2) is 4.79 Å². The summed E-state index contributed by atoms with van der Waals surface area (Å²) in [5.41, 5.74) is 0. The third-order valence-electron chi connectivity index (χ3n) is 3.50. The molecule has 0 saturated carbocycles. The maximum atomic E-state index is 12.1. The molecular weight excluding hydrogens is 292 g/mol. The molecule has 21 heavy (non-hydrogen) atoms. The van der Waals surface area contributed by atoms with Gasteiger partial charge in [0.05, 0.1) is 0 Å². The summed E-state index contributed by atoms with van der Waals surface area (Å²) in [6, 6.07) is 1.71. The number of aryl methyl sites for hydroxylation is 1. The van der Waals surface area contributed by atoms with Crippen LogP contribution in [0.4, 0.5) is 0 Å². The number of hydrogen-bond acceptors (Lipinski definition) is 5. The van der Waals surface area contributed by atoms with Crippen molar-refractivity contribution in [3.63, 3.8) is 0 Å². The van der Waals surface area contributed by atoms with E-state index in [0.29, 0.717) is 18.8 Å². The predicted molar refractivity (Wildman–Crippen MR) is 80.2 cm³/mol. The second kappa shape index (κ2) is 6.91. The number of thiophene rings is 1. The number of ether oxygens (including phenoxy) is 1. The summed E-state index contributed by atoms with van der Waals surface area (Å²) in [5.74, 6) is -0.808. The molecule has 1 amide bonds. The molecule has 1 fully saturated rings. The van der Waals surface area contributed by atoms with Gasteiger partial charge in [0.1, 0.15) is 5.75 Å². The van der Waals surface area contributed by atoms with Crippen molar-refractivity contribution in [3.8, 4) is 5.75 Å². The van der Waals surface area contributed by atoms with Crippen LogP contribution in [0.25, 0.3) is 0 Å². The molecular formula is C14H20N2O4S. The van der Waals surface area contributed by atoms with E-state index in [1.54, 1.807) is 11.0 Å². The Bertz CT molecular complexity index is 521. The lowest BCUT2D eigenvalue weighted by molar-refractivity contribution is -0.134. The van der Waals surface area contributed by atoms with E-state index in [4.69, 9.17) is 9.84 Å². The van der Waals surface area contributed by atoms with Crippen LogP contribution in [0, 0.1) is 0 Å². The monoisotopic (exact) mass is 312 g/mol. The molecule has 0 unspecified atom stereocenters. The molecule has 6 nitrogen and oxygen atoms in total. The van der Waals surface area contributed by atoms with Crippen molar-refractivity contribution in [1.29, 1.82) is 0 Å². The van der Waals surface area contributed by atoms with Crippen molar-refractivity contribution < 1.29 is 19.4 Å². The number of nitrogens with zero attached hydrogens (tertiary/aromatic N) is 2. The topological polar surface area (TPSA) is 70.1 Å². The van der Waals surface area contributed by atoms with Gasteiger partial charge >= 0.3 is 5.97 Å². The van der Waals surface area contributed by atoms with Gasteiger partial charge in [-0.1, -0.05) is 6.92 Å². The van der Waals surface area contributed by atoms with Crippen LogP contribution in [0.2, 0.25) is 0 Å². The molecule has 116 valence electrons. The number of carbonyl (C=O) groups excluding carboxylic acids is 1. The van der Waals surface area contributed by atoms with Crippen molar-refractivity contribution in [2.75, 3.05) is 39.8 Å². The number of carbonyl (C=O) groups is 2. The molecule has 0 atom stereocenters. The Balaban J connectivity index is 1.94. The molecule has 2 rings (SSSR count).